The van der Waals surface area contributed by atoms with Gasteiger partial charge in [0.1, 0.15) is 0 Å². The number of nitrogens with zero attached hydrogens (tertiary/aromatic N) is 5. The summed E-state index contributed by atoms with van der Waals surface area (Å²) in [6.45, 7) is 3.51. The Morgan fingerprint density at radius 2 is 2.03 bits per heavy atom. The number of nitrogens with one attached hydrogen (secondary N) is 1. The maximum absolute atomic E-state index is 14.1. The largest absolute Gasteiger partial charge is 0.413 e. The predicted molar refractivity (Wildman–Crippen MR) is 125 cm³/mol. The van der Waals surface area contributed by atoms with E-state index in [1.807, 2.05) is 6.92 Å². The highest BCUT2D eigenvalue weighted by molar-refractivity contribution is 6.28. The van der Waals surface area contributed by atoms with Gasteiger partial charge in [0, 0.05) is 25.8 Å². The molecule has 1 aliphatic carbocycles. The van der Waals surface area contributed by atoms with Crippen molar-refractivity contribution in [2.75, 3.05) is 19.5 Å². The first kappa shape index (κ1) is 25.2. The van der Waals surface area contributed by atoms with Crippen molar-refractivity contribution in [2.24, 2.45) is 5.92 Å². The molecule has 188 valence electrons. The number of hydrogen-bond donors (Lipinski definition) is 1. The molecule has 0 unspecified atom stereocenters. The number of halogens is 4. The van der Waals surface area contributed by atoms with Gasteiger partial charge in [-0.25, -0.2) is 4.98 Å². The van der Waals surface area contributed by atoms with Gasteiger partial charge >= 0.3 is 6.18 Å². The molecule has 1 N–H and O–H groups in total. The zero-order valence-electron chi connectivity index (χ0n) is 19.7. The van der Waals surface area contributed by atoms with Crippen molar-refractivity contribution in [3.63, 3.8) is 0 Å². The molecule has 2 heterocycles. The van der Waals surface area contributed by atoms with Crippen molar-refractivity contribution in [3.05, 3.63) is 46.5 Å². The molecule has 1 aromatic carbocycles. The molecule has 0 aliphatic heterocycles. The Balaban J connectivity index is 1.67. The van der Waals surface area contributed by atoms with Crippen molar-refractivity contribution in [2.45, 2.75) is 51.4 Å². The van der Waals surface area contributed by atoms with Crippen LogP contribution in [0.3, 0.4) is 0 Å². The van der Waals surface area contributed by atoms with Gasteiger partial charge in [0.25, 0.3) is 5.78 Å². The maximum Gasteiger partial charge on any atom is 0.413 e. The zero-order valence-corrected chi connectivity index (χ0v) is 20.5. The van der Waals surface area contributed by atoms with Crippen molar-refractivity contribution < 1.29 is 22.7 Å². The second-order valence-electron chi connectivity index (χ2n) is 8.75. The average Bonchev–Trinajstić information content (AvgIpc) is 3.12. The molecule has 8 nitrogen and oxygen atoms in total. The van der Waals surface area contributed by atoms with Gasteiger partial charge in [-0.3, -0.25) is 4.79 Å². The third kappa shape index (κ3) is 4.92. The number of aromatic nitrogens is 4. The SMILES string of the molecule is CO[C@@H](C)c1c(Nc2ccc([C@H](N(C)C(=O)C3CCC3)C(F)(F)F)cc2C)cnc2nc(Cl)nn12. The third-order valence-corrected chi connectivity index (χ3v) is 6.61. The highest BCUT2D eigenvalue weighted by Gasteiger charge is 2.46. The summed E-state index contributed by atoms with van der Waals surface area (Å²) in [7, 11) is 2.76. The van der Waals surface area contributed by atoms with Crippen LogP contribution >= 0.6 is 11.6 Å². The lowest BCUT2D eigenvalue weighted by atomic mass is 9.84. The topological polar surface area (TPSA) is 84.6 Å². The van der Waals surface area contributed by atoms with Crippen LogP contribution in [0.1, 0.15) is 55.2 Å². The minimum Gasteiger partial charge on any atom is -0.375 e. The van der Waals surface area contributed by atoms with Gasteiger partial charge in [-0.2, -0.15) is 22.7 Å². The van der Waals surface area contributed by atoms with Crippen LogP contribution in [-0.2, 0) is 9.53 Å². The molecule has 2 aromatic heterocycles. The summed E-state index contributed by atoms with van der Waals surface area (Å²) in [5, 5.41) is 7.40. The Morgan fingerprint density at radius 3 is 2.60 bits per heavy atom. The van der Waals surface area contributed by atoms with Crippen LogP contribution in [0.4, 0.5) is 24.5 Å². The second-order valence-corrected chi connectivity index (χ2v) is 9.09. The smallest absolute Gasteiger partial charge is 0.375 e. The number of carbonyl (C=O) groups excluding carboxylic acids is 1. The fourth-order valence-electron chi connectivity index (χ4n) is 4.27. The summed E-state index contributed by atoms with van der Waals surface area (Å²) in [4.78, 5) is 21.7. The third-order valence-electron chi connectivity index (χ3n) is 6.45. The van der Waals surface area contributed by atoms with E-state index in [1.165, 1.54) is 30.8 Å². The van der Waals surface area contributed by atoms with Gasteiger partial charge in [0.05, 0.1) is 23.7 Å². The molecular weight excluding hydrogens is 485 g/mol. The van der Waals surface area contributed by atoms with Gasteiger partial charge in [-0.15, -0.1) is 5.10 Å². The lowest BCUT2D eigenvalue weighted by Gasteiger charge is -2.35. The number of methoxy groups -OCH3 is 1. The van der Waals surface area contributed by atoms with Crippen molar-refractivity contribution in [1.29, 1.82) is 0 Å². The highest BCUT2D eigenvalue weighted by Crippen LogP contribution is 2.41. The van der Waals surface area contributed by atoms with E-state index in [4.69, 9.17) is 16.3 Å². The Morgan fingerprint density at radius 1 is 1.31 bits per heavy atom. The van der Waals surface area contributed by atoms with E-state index in [0.29, 0.717) is 41.3 Å². The van der Waals surface area contributed by atoms with E-state index in [0.717, 1.165) is 11.3 Å². The lowest BCUT2D eigenvalue weighted by Crippen LogP contribution is -2.44. The normalized spacial score (nSPS) is 16.1. The Hall–Kier alpha value is -2.92. The van der Waals surface area contributed by atoms with E-state index in [1.54, 1.807) is 19.2 Å². The molecule has 1 amide bonds. The van der Waals surface area contributed by atoms with Crippen molar-refractivity contribution >= 4 is 34.7 Å². The second kappa shape index (κ2) is 9.62. The molecule has 35 heavy (non-hydrogen) atoms. The minimum absolute atomic E-state index is 0.00200. The number of benzene rings is 1. The van der Waals surface area contributed by atoms with Crippen LogP contribution in [0.2, 0.25) is 5.28 Å². The first-order chi connectivity index (χ1) is 16.5. The van der Waals surface area contributed by atoms with E-state index < -0.39 is 24.2 Å². The van der Waals surface area contributed by atoms with Crippen molar-refractivity contribution in [3.8, 4) is 0 Å². The molecule has 4 rings (SSSR count). The van der Waals surface area contributed by atoms with Crippen LogP contribution in [0.25, 0.3) is 5.78 Å². The zero-order chi connectivity index (χ0) is 25.5. The number of hydrogen-bond acceptors (Lipinski definition) is 6. The van der Waals surface area contributed by atoms with Crippen LogP contribution in [-0.4, -0.2) is 50.7 Å². The summed E-state index contributed by atoms with van der Waals surface area (Å²) in [6, 6.07) is 2.37. The van der Waals surface area contributed by atoms with Gasteiger partial charge in [0.2, 0.25) is 11.2 Å². The number of aryl methyl sites for hydroxylation is 1. The first-order valence-electron chi connectivity index (χ1n) is 11.2. The Labute approximate surface area is 205 Å². The Kier molecular flexibility index (Phi) is 6.92. The molecule has 0 bridgehead atoms. The molecule has 1 saturated carbocycles. The minimum atomic E-state index is -4.61. The average molecular weight is 511 g/mol. The molecule has 12 heteroatoms. The van der Waals surface area contributed by atoms with Gasteiger partial charge in [0.15, 0.2) is 6.04 Å². The lowest BCUT2D eigenvalue weighted by molar-refractivity contribution is -0.191. The monoisotopic (exact) mass is 510 g/mol. The molecule has 0 radical (unpaired) electrons. The van der Waals surface area contributed by atoms with Crippen molar-refractivity contribution in [1.82, 2.24) is 24.5 Å². The quantitative estimate of drug-likeness (QED) is 0.458. The molecule has 0 saturated heterocycles. The fourth-order valence-corrected chi connectivity index (χ4v) is 4.42. The number of carbonyl (C=O) groups is 1. The van der Waals surface area contributed by atoms with Crippen LogP contribution in [0, 0.1) is 12.8 Å². The number of alkyl halides is 3. The van der Waals surface area contributed by atoms with E-state index in [9.17, 15) is 18.0 Å². The fraction of sp³-hybridized carbons (Fsp3) is 0.478. The van der Waals surface area contributed by atoms with Crippen LogP contribution in [0.5, 0.6) is 0 Å². The molecule has 0 spiro atoms. The molecule has 1 fully saturated rings. The number of fused-ring (bicyclic) bond motifs is 1. The molecular formula is C23H26ClF3N6O2. The summed E-state index contributed by atoms with van der Waals surface area (Å²) < 4.78 is 49.1. The predicted octanol–water partition coefficient (Wildman–Crippen LogP) is 5.40. The molecule has 2 atom stereocenters. The number of amides is 1. The van der Waals surface area contributed by atoms with E-state index in [-0.39, 0.29) is 16.8 Å². The number of anilines is 2. The van der Waals surface area contributed by atoms with E-state index >= 15 is 0 Å². The summed E-state index contributed by atoms with van der Waals surface area (Å²) in [5.41, 5.74) is 2.26. The Bertz CT molecular complexity index is 1240. The number of rotatable bonds is 7. The molecule has 1 aliphatic rings. The van der Waals surface area contributed by atoms with Crippen LogP contribution in [0.15, 0.2) is 24.4 Å². The molecule has 3 aromatic rings. The van der Waals surface area contributed by atoms with Gasteiger partial charge in [-0.1, -0.05) is 18.6 Å². The summed E-state index contributed by atoms with van der Waals surface area (Å²) in [5.74, 6) is -0.512. The summed E-state index contributed by atoms with van der Waals surface area (Å²) in [6.07, 6.45) is -1.35. The number of ether oxygens (including phenoxy) is 1. The highest BCUT2D eigenvalue weighted by atomic mass is 35.5. The standard InChI is InChI=1S/C23H26ClF3N6O2/c1-12-10-15(19(23(25,26)27)32(3)20(34)14-6-5-7-14)8-9-16(12)29-17-11-28-22-30-21(24)31-33(22)18(17)13(2)35-4/h8-11,13-14,19,29H,5-7H2,1-4H3/t13-,19-/m0/s1. The van der Waals surface area contributed by atoms with E-state index in [2.05, 4.69) is 20.4 Å². The van der Waals surface area contributed by atoms with Gasteiger partial charge in [-0.05, 0) is 55.5 Å². The summed E-state index contributed by atoms with van der Waals surface area (Å²) >= 11 is 5.94. The maximum atomic E-state index is 14.1. The van der Waals surface area contributed by atoms with Crippen LogP contribution < -0.4 is 5.32 Å². The van der Waals surface area contributed by atoms with Gasteiger partial charge < -0.3 is 15.0 Å². The first-order valence-corrected chi connectivity index (χ1v) is 11.5.